The van der Waals surface area contributed by atoms with Crippen LogP contribution in [0.4, 0.5) is 0 Å². The highest BCUT2D eigenvalue weighted by Gasteiger charge is 2.16. The van der Waals surface area contributed by atoms with E-state index in [0.29, 0.717) is 0 Å². The smallest absolute Gasteiger partial charge is 0.00695 e. The molecule has 1 saturated heterocycles. The molecule has 0 spiro atoms. The molecule has 1 aliphatic rings. The van der Waals surface area contributed by atoms with Gasteiger partial charge in [-0.25, -0.2) is 0 Å². The van der Waals surface area contributed by atoms with Crippen LogP contribution in [0.2, 0.25) is 0 Å². The third-order valence-electron chi connectivity index (χ3n) is 3.37. The number of unbranched alkanes of at least 4 members (excludes halogenated alkanes) is 4. The summed E-state index contributed by atoms with van der Waals surface area (Å²) in [5, 5.41) is 3.71. The Bertz CT molecular complexity index is 133. The van der Waals surface area contributed by atoms with Crippen molar-refractivity contribution >= 4 is 0 Å². The zero-order valence-electron chi connectivity index (χ0n) is 10.0. The van der Waals surface area contributed by atoms with Crippen molar-refractivity contribution in [3.05, 3.63) is 0 Å². The second kappa shape index (κ2) is 7.28. The first kappa shape index (κ1) is 12.0. The number of hydrogen-bond donors (Lipinski definition) is 1. The lowest BCUT2D eigenvalue weighted by atomic mass is 9.95. The quantitative estimate of drug-likeness (QED) is 0.637. The predicted octanol–water partition coefficient (Wildman–Crippen LogP) is 3.88. The summed E-state index contributed by atoms with van der Waals surface area (Å²) in [6, 6.07) is 1.60. The SMILES string of the molecule is CCCCCCC[C@H]1CCC[C@H](C)N1. The van der Waals surface area contributed by atoms with E-state index in [-0.39, 0.29) is 0 Å². The van der Waals surface area contributed by atoms with Gasteiger partial charge in [0, 0.05) is 12.1 Å². The van der Waals surface area contributed by atoms with Crippen molar-refractivity contribution in [1.82, 2.24) is 5.32 Å². The molecule has 1 rings (SSSR count). The van der Waals surface area contributed by atoms with Gasteiger partial charge < -0.3 is 5.32 Å². The summed E-state index contributed by atoms with van der Waals surface area (Å²) in [5.74, 6) is 0. The molecule has 0 aromatic rings. The number of nitrogens with one attached hydrogen (secondary N) is 1. The van der Waals surface area contributed by atoms with Crippen molar-refractivity contribution in [2.45, 2.75) is 83.7 Å². The Hall–Kier alpha value is -0.0400. The van der Waals surface area contributed by atoms with Crippen LogP contribution < -0.4 is 5.32 Å². The minimum absolute atomic E-state index is 0.768. The lowest BCUT2D eigenvalue weighted by Crippen LogP contribution is -2.40. The van der Waals surface area contributed by atoms with Gasteiger partial charge in [0.1, 0.15) is 0 Å². The average Bonchev–Trinajstić information content (AvgIpc) is 2.18. The molecule has 0 aromatic carbocycles. The van der Waals surface area contributed by atoms with Gasteiger partial charge in [-0.3, -0.25) is 0 Å². The molecular weight excluding hydrogens is 170 g/mol. The Balaban J connectivity index is 1.95. The molecule has 0 bridgehead atoms. The maximum absolute atomic E-state index is 3.71. The van der Waals surface area contributed by atoms with Crippen LogP contribution in [0.15, 0.2) is 0 Å². The predicted molar refractivity (Wildman–Crippen MR) is 63.6 cm³/mol. The summed E-state index contributed by atoms with van der Waals surface area (Å²) in [4.78, 5) is 0. The summed E-state index contributed by atoms with van der Waals surface area (Å²) >= 11 is 0. The summed E-state index contributed by atoms with van der Waals surface area (Å²) in [5.41, 5.74) is 0. The molecule has 0 unspecified atom stereocenters. The van der Waals surface area contributed by atoms with Crippen LogP contribution in [0.3, 0.4) is 0 Å². The first-order chi connectivity index (χ1) is 6.83. The maximum Gasteiger partial charge on any atom is 0.00695 e. The van der Waals surface area contributed by atoms with Gasteiger partial charge >= 0.3 is 0 Å². The zero-order valence-corrected chi connectivity index (χ0v) is 10.0. The zero-order chi connectivity index (χ0) is 10.2. The van der Waals surface area contributed by atoms with Gasteiger partial charge in [0.15, 0.2) is 0 Å². The highest BCUT2D eigenvalue weighted by atomic mass is 15.0. The van der Waals surface area contributed by atoms with Crippen molar-refractivity contribution in [3.63, 3.8) is 0 Å². The van der Waals surface area contributed by atoms with E-state index in [0.717, 1.165) is 12.1 Å². The Labute approximate surface area is 89.7 Å². The second-order valence-electron chi connectivity index (χ2n) is 4.90. The van der Waals surface area contributed by atoms with Gasteiger partial charge in [0.25, 0.3) is 0 Å². The molecule has 1 fully saturated rings. The molecule has 1 nitrogen and oxygen atoms in total. The van der Waals surface area contributed by atoms with Crippen LogP contribution in [0.25, 0.3) is 0 Å². The fraction of sp³-hybridized carbons (Fsp3) is 1.00. The van der Waals surface area contributed by atoms with Gasteiger partial charge in [-0.05, 0) is 26.2 Å². The van der Waals surface area contributed by atoms with E-state index in [2.05, 4.69) is 19.2 Å². The maximum atomic E-state index is 3.71. The molecule has 1 heteroatoms. The molecule has 1 N–H and O–H groups in total. The van der Waals surface area contributed by atoms with E-state index in [4.69, 9.17) is 0 Å². The van der Waals surface area contributed by atoms with Crippen molar-refractivity contribution in [1.29, 1.82) is 0 Å². The van der Waals surface area contributed by atoms with Crippen molar-refractivity contribution in [2.75, 3.05) is 0 Å². The molecule has 1 heterocycles. The fourth-order valence-electron chi connectivity index (χ4n) is 2.46. The summed E-state index contributed by atoms with van der Waals surface area (Å²) in [6.45, 7) is 4.60. The lowest BCUT2D eigenvalue weighted by molar-refractivity contribution is 0.315. The topological polar surface area (TPSA) is 12.0 Å². The van der Waals surface area contributed by atoms with Gasteiger partial charge in [0.05, 0.1) is 0 Å². The van der Waals surface area contributed by atoms with E-state index in [1.54, 1.807) is 0 Å². The Kier molecular flexibility index (Phi) is 6.25. The van der Waals surface area contributed by atoms with Crippen LogP contribution >= 0.6 is 0 Å². The van der Waals surface area contributed by atoms with Gasteiger partial charge in [-0.15, -0.1) is 0 Å². The summed E-state index contributed by atoms with van der Waals surface area (Å²) in [6.07, 6.45) is 12.8. The van der Waals surface area contributed by atoms with Crippen LogP contribution in [0, 0.1) is 0 Å². The van der Waals surface area contributed by atoms with E-state index in [1.807, 2.05) is 0 Å². The van der Waals surface area contributed by atoms with Crippen LogP contribution in [0.5, 0.6) is 0 Å². The van der Waals surface area contributed by atoms with Gasteiger partial charge in [0.2, 0.25) is 0 Å². The molecule has 2 atom stereocenters. The van der Waals surface area contributed by atoms with E-state index in [9.17, 15) is 0 Å². The monoisotopic (exact) mass is 197 g/mol. The first-order valence-corrected chi connectivity index (χ1v) is 6.59. The number of piperidine rings is 1. The average molecular weight is 197 g/mol. The molecular formula is C13H27N. The normalized spacial score (nSPS) is 27.9. The van der Waals surface area contributed by atoms with Crippen molar-refractivity contribution in [3.8, 4) is 0 Å². The molecule has 84 valence electrons. The molecule has 1 aliphatic heterocycles. The third kappa shape index (κ3) is 4.99. The lowest BCUT2D eigenvalue weighted by Gasteiger charge is -2.28. The third-order valence-corrected chi connectivity index (χ3v) is 3.37. The summed E-state index contributed by atoms with van der Waals surface area (Å²) in [7, 11) is 0. The molecule has 0 saturated carbocycles. The Morgan fingerprint density at radius 1 is 1.07 bits per heavy atom. The Morgan fingerprint density at radius 2 is 1.86 bits per heavy atom. The number of hydrogen-bond acceptors (Lipinski definition) is 1. The van der Waals surface area contributed by atoms with Crippen LogP contribution in [-0.2, 0) is 0 Å². The van der Waals surface area contributed by atoms with Crippen LogP contribution in [0.1, 0.15) is 71.6 Å². The second-order valence-corrected chi connectivity index (χ2v) is 4.90. The van der Waals surface area contributed by atoms with Crippen LogP contribution in [-0.4, -0.2) is 12.1 Å². The van der Waals surface area contributed by atoms with E-state index < -0.39 is 0 Å². The van der Waals surface area contributed by atoms with Crippen molar-refractivity contribution in [2.24, 2.45) is 0 Å². The fourth-order valence-corrected chi connectivity index (χ4v) is 2.46. The van der Waals surface area contributed by atoms with E-state index in [1.165, 1.54) is 57.8 Å². The molecule has 0 amide bonds. The molecule has 0 aliphatic carbocycles. The first-order valence-electron chi connectivity index (χ1n) is 6.59. The minimum atomic E-state index is 0.768. The molecule has 0 aromatic heterocycles. The highest BCUT2D eigenvalue weighted by molar-refractivity contribution is 4.77. The molecule has 14 heavy (non-hydrogen) atoms. The van der Waals surface area contributed by atoms with Gasteiger partial charge in [-0.1, -0.05) is 45.4 Å². The van der Waals surface area contributed by atoms with Crippen molar-refractivity contribution < 1.29 is 0 Å². The largest absolute Gasteiger partial charge is 0.312 e. The molecule has 0 radical (unpaired) electrons. The standard InChI is InChI=1S/C13H27N/c1-3-4-5-6-7-10-13-11-8-9-12(2)14-13/h12-14H,3-11H2,1-2H3/t12-,13-/m0/s1. The van der Waals surface area contributed by atoms with E-state index >= 15 is 0 Å². The Morgan fingerprint density at radius 3 is 2.57 bits per heavy atom. The summed E-state index contributed by atoms with van der Waals surface area (Å²) < 4.78 is 0. The minimum Gasteiger partial charge on any atom is -0.312 e. The highest BCUT2D eigenvalue weighted by Crippen LogP contribution is 2.17. The van der Waals surface area contributed by atoms with Gasteiger partial charge in [-0.2, -0.15) is 0 Å². The number of rotatable bonds is 6.